The molecule has 9 atom stereocenters. The zero-order valence-electron chi connectivity index (χ0n) is 29.6. The van der Waals surface area contributed by atoms with Gasteiger partial charge in [0.2, 0.25) is 23.6 Å². The molecule has 11 heteroatoms. The lowest BCUT2D eigenvalue weighted by molar-refractivity contribution is -0.143. The summed E-state index contributed by atoms with van der Waals surface area (Å²) in [5.41, 5.74) is -1.60. The van der Waals surface area contributed by atoms with Gasteiger partial charge in [0.25, 0.3) is 0 Å². The van der Waals surface area contributed by atoms with Gasteiger partial charge in [0.05, 0.1) is 23.9 Å². The highest BCUT2D eigenvalue weighted by atomic mass is 16.6. The number of nitrogens with one attached hydrogen (secondary N) is 3. The smallest absolute Gasteiger partial charge is 0.245 e. The van der Waals surface area contributed by atoms with E-state index in [2.05, 4.69) is 16.0 Å². The van der Waals surface area contributed by atoms with E-state index in [1.807, 2.05) is 69.2 Å². The summed E-state index contributed by atoms with van der Waals surface area (Å²) in [6.07, 6.45) is 0.602. The molecule has 1 saturated heterocycles. The van der Waals surface area contributed by atoms with Crippen molar-refractivity contribution in [3.63, 3.8) is 0 Å². The first-order valence-electron chi connectivity index (χ1n) is 16.2. The third-order valence-corrected chi connectivity index (χ3v) is 8.72. The number of carbonyl (C=O) groups excluding carboxylic acids is 5. The van der Waals surface area contributed by atoms with Crippen LogP contribution >= 0.6 is 0 Å². The molecule has 1 aliphatic heterocycles. The van der Waals surface area contributed by atoms with Crippen molar-refractivity contribution in [2.75, 3.05) is 7.05 Å². The highest BCUT2D eigenvalue weighted by Crippen LogP contribution is 2.38. The van der Waals surface area contributed by atoms with Crippen molar-refractivity contribution >= 4 is 29.4 Å². The van der Waals surface area contributed by atoms with Crippen LogP contribution in [0, 0.1) is 17.8 Å². The first-order valence-corrected chi connectivity index (χ1v) is 16.2. The Kier molecular flexibility index (Phi) is 14.5. The van der Waals surface area contributed by atoms with Crippen molar-refractivity contribution in [3.8, 4) is 0 Å². The lowest BCUT2D eigenvalue weighted by Gasteiger charge is -2.35. The van der Waals surface area contributed by atoms with E-state index in [4.69, 9.17) is 9.47 Å². The zero-order valence-corrected chi connectivity index (χ0v) is 29.6. The van der Waals surface area contributed by atoms with Crippen molar-refractivity contribution in [2.45, 2.75) is 157 Å². The van der Waals surface area contributed by atoms with Gasteiger partial charge in [0, 0.05) is 14.0 Å². The minimum Gasteiger partial charge on any atom is -0.370 e. The van der Waals surface area contributed by atoms with Gasteiger partial charge in [0.15, 0.2) is 11.4 Å². The molecule has 0 bridgehead atoms. The number of Topliss-reactive ketones (excluding diaryl/α,β-unsaturated/α-hetero) is 1. The first kappa shape index (κ1) is 39.5. The van der Waals surface area contributed by atoms with Crippen molar-refractivity contribution in [1.29, 1.82) is 0 Å². The van der Waals surface area contributed by atoms with Gasteiger partial charge in [-0.25, -0.2) is 0 Å². The topological polar surface area (TPSA) is 146 Å². The summed E-state index contributed by atoms with van der Waals surface area (Å²) in [7, 11) is 1.58. The molecule has 0 unspecified atom stereocenters. The summed E-state index contributed by atoms with van der Waals surface area (Å²) in [6.45, 7) is 23.7. The fourth-order valence-corrected chi connectivity index (χ4v) is 5.34. The molecular formula is C33H60N4O7. The number of rotatable bonds is 17. The van der Waals surface area contributed by atoms with E-state index >= 15 is 0 Å². The van der Waals surface area contributed by atoms with Crippen molar-refractivity contribution in [3.05, 3.63) is 0 Å². The number of hydrogen-bond acceptors (Lipinski definition) is 7. The predicted octanol–water partition coefficient (Wildman–Crippen LogP) is 3.38. The molecule has 0 radical (unpaired) electrons. The van der Waals surface area contributed by atoms with Crippen molar-refractivity contribution in [1.82, 2.24) is 20.9 Å². The minimum absolute atomic E-state index is 0.106. The van der Waals surface area contributed by atoms with Gasteiger partial charge >= 0.3 is 0 Å². The van der Waals surface area contributed by atoms with Gasteiger partial charge in [-0.3, -0.25) is 24.0 Å². The van der Waals surface area contributed by atoms with Crippen LogP contribution in [0.1, 0.15) is 109 Å². The average Bonchev–Trinajstić information content (AvgIpc) is 3.53. The number of likely N-dealkylation sites (N-methyl/N-ethyl adjacent to an activating group) is 1. The SMILES string of the molecule is CC[C@H](C)[C@H](NC(=O)[C@H]([C@@H](C)CC)N(C)C(C)=O)C(=O)N[C@H](C(=O)N[C@@H](CC(C)C)C(=O)[C@]1(C)O[C@H]1C)[C@@H](C)OC(C)(C)C. The number of hydrogen-bond donors (Lipinski definition) is 3. The Bertz CT molecular complexity index is 1030. The summed E-state index contributed by atoms with van der Waals surface area (Å²) >= 11 is 0. The molecule has 0 saturated carbocycles. The second kappa shape index (κ2) is 16.2. The van der Waals surface area contributed by atoms with E-state index in [1.165, 1.54) is 11.8 Å². The molecule has 1 rings (SSSR count). The number of carbonyl (C=O) groups is 5. The zero-order chi connectivity index (χ0) is 34.3. The molecule has 0 aromatic carbocycles. The van der Waals surface area contributed by atoms with Crippen LogP contribution in [0.25, 0.3) is 0 Å². The van der Waals surface area contributed by atoms with E-state index in [9.17, 15) is 24.0 Å². The third-order valence-electron chi connectivity index (χ3n) is 8.72. The summed E-state index contributed by atoms with van der Waals surface area (Å²) in [4.78, 5) is 68.4. The molecule has 1 fully saturated rings. The molecule has 0 spiro atoms. The maximum absolute atomic E-state index is 13.9. The summed E-state index contributed by atoms with van der Waals surface area (Å²) in [5, 5.41) is 8.60. The van der Waals surface area contributed by atoms with Crippen LogP contribution in [0.4, 0.5) is 0 Å². The van der Waals surface area contributed by atoms with Crippen LogP contribution in [0.15, 0.2) is 0 Å². The van der Waals surface area contributed by atoms with Gasteiger partial charge in [0.1, 0.15) is 18.1 Å². The van der Waals surface area contributed by atoms with Crippen molar-refractivity contribution in [2.24, 2.45) is 17.8 Å². The normalized spacial score (nSPS) is 22.9. The Morgan fingerprint density at radius 2 is 1.34 bits per heavy atom. The van der Waals surface area contributed by atoms with Gasteiger partial charge < -0.3 is 30.3 Å². The quantitative estimate of drug-likeness (QED) is 0.210. The Morgan fingerprint density at radius 3 is 1.75 bits per heavy atom. The van der Waals surface area contributed by atoms with E-state index in [0.29, 0.717) is 19.3 Å². The Morgan fingerprint density at radius 1 is 0.864 bits per heavy atom. The van der Waals surface area contributed by atoms with Crippen molar-refractivity contribution < 1.29 is 33.4 Å². The minimum atomic E-state index is -1.16. The molecule has 0 aromatic heterocycles. The molecule has 11 nitrogen and oxygen atoms in total. The maximum Gasteiger partial charge on any atom is 0.245 e. The molecule has 0 aliphatic carbocycles. The second-order valence-electron chi connectivity index (χ2n) is 14.2. The van der Waals surface area contributed by atoms with Gasteiger partial charge in [-0.1, -0.05) is 54.4 Å². The molecule has 1 aliphatic rings. The number of epoxide rings is 1. The highest BCUT2D eigenvalue weighted by molar-refractivity contribution is 5.99. The predicted molar refractivity (Wildman–Crippen MR) is 171 cm³/mol. The van der Waals surface area contributed by atoms with Gasteiger partial charge in [-0.2, -0.15) is 0 Å². The fraction of sp³-hybridized carbons (Fsp3) is 0.848. The standard InChI is InChI=1S/C33H60N4O7/c1-15-19(5)25(35-31(42)27(20(6)16-2)37(14)23(9)38)29(40)36-26(21(7)43-32(10,11)12)30(41)34-24(17-18(3)4)28(39)33(13)22(8)44-33/h18-22,24-27H,15-17H2,1-14H3,(H,34,41)(H,35,42)(H,36,40)/t19-,20-,21+,22-,24-,25-,26-,27-,33+/m0/s1. The van der Waals surface area contributed by atoms with Crippen LogP contribution in [0.2, 0.25) is 0 Å². The van der Waals surface area contributed by atoms with Crippen LogP contribution in [0.5, 0.6) is 0 Å². The van der Waals surface area contributed by atoms with Crippen LogP contribution in [-0.2, 0) is 33.4 Å². The maximum atomic E-state index is 13.9. The highest BCUT2D eigenvalue weighted by Gasteiger charge is 2.57. The molecule has 0 aromatic rings. The summed E-state index contributed by atoms with van der Waals surface area (Å²) in [6, 6.07) is -3.73. The molecule has 44 heavy (non-hydrogen) atoms. The first-order chi connectivity index (χ1) is 20.1. The average molecular weight is 625 g/mol. The van der Waals surface area contributed by atoms with E-state index in [-0.39, 0.29) is 35.5 Å². The molecule has 254 valence electrons. The number of ketones is 1. The van der Waals surface area contributed by atoms with Gasteiger partial charge in [-0.05, 0) is 65.7 Å². The lowest BCUT2D eigenvalue weighted by atomic mass is 9.91. The molecule has 1 heterocycles. The van der Waals surface area contributed by atoms with Crippen LogP contribution in [0.3, 0.4) is 0 Å². The lowest BCUT2D eigenvalue weighted by Crippen LogP contribution is -2.62. The second-order valence-corrected chi connectivity index (χ2v) is 14.2. The molecule has 4 amide bonds. The number of ether oxygens (including phenoxy) is 2. The van der Waals surface area contributed by atoms with E-state index in [0.717, 1.165) is 0 Å². The van der Waals surface area contributed by atoms with E-state index < -0.39 is 59.2 Å². The van der Waals surface area contributed by atoms with Crippen LogP contribution < -0.4 is 16.0 Å². The molecular weight excluding hydrogens is 564 g/mol. The van der Waals surface area contributed by atoms with E-state index in [1.54, 1.807) is 20.9 Å². The Hall–Kier alpha value is -2.53. The fourth-order valence-electron chi connectivity index (χ4n) is 5.34. The van der Waals surface area contributed by atoms with Crippen LogP contribution in [-0.4, -0.2) is 88.9 Å². The largest absolute Gasteiger partial charge is 0.370 e. The molecule has 3 N–H and O–H groups in total. The summed E-state index contributed by atoms with van der Waals surface area (Å²) in [5.74, 6) is -2.36. The third kappa shape index (κ3) is 10.8. The monoisotopic (exact) mass is 624 g/mol. The Balaban J connectivity index is 3.39. The Labute approximate surface area is 265 Å². The number of nitrogens with zero attached hydrogens (tertiary/aromatic N) is 1. The summed E-state index contributed by atoms with van der Waals surface area (Å²) < 4.78 is 11.7. The number of amides is 4. The van der Waals surface area contributed by atoms with Gasteiger partial charge in [-0.15, -0.1) is 0 Å².